The molecule has 0 aromatic heterocycles. The van der Waals surface area contributed by atoms with Gasteiger partial charge in [0.15, 0.2) is 0 Å². The van der Waals surface area contributed by atoms with Crippen molar-refractivity contribution in [3.8, 4) is 5.75 Å². The number of carbonyl (C=O) groups excluding carboxylic acids is 1. The summed E-state index contributed by atoms with van der Waals surface area (Å²) in [6.45, 7) is 3.06. The van der Waals surface area contributed by atoms with Crippen LogP contribution >= 0.6 is 11.6 Å². The van der Waals surface area contributed by atoms with Gasteiger partial charge < -0.3 is 10.1 Å². The number of nitrogens with one attached hydrogen (secondary N) is 1. The lowest BCUT2D eigenvalue weighted by molar-refractivity contribution is -0.126. The molecule has 1 aromatic carbocycles. The van der Waals surface area contributed by atoms with Crippen LogP contribution in [0.25, 0.3) is 0 Å². The Balaban J connectivity index is 2.16. The molecule has 128 valence electrons. The van der Waals surface area contributed by atoms with Crippen LogP contribution in [0.15, 0.2) is 23.1 Å². The number of benzene rings is 1. The molecule has 0 radical (unpaired) electrons. The maximum atomic E-state index is 12.8. The lowest BCUT2D eigenvalue weighted by Crippen LogP contribution is -2.43. The molecule has 1 saturated heterocycles. The van der Waals surface area contributed by atoms with Gasteiger partial charge in [0.1, 0.15) is 10.6 Å². The number of piperidine rings is 1. The minimum absolute atomic E-state index is 0.00937. The van der Waals surface area contributed by atoms with Gasteiger partial charge in [-0.1, -0.05) is 11.6 Å². The Kier molecular flexibility index (Phi) is 5.89. The summed E-state index contributed by atoms with van der Waals surface area (Å²) in [4.78, 5) is 11.9. The first-order chi connectivity index (χ1) is 10.9. The maximum Gasteiger partial charge on any atom is 0.246 e. The van der Waals surface area contributed by atoms with Gasteiger partial charge in [0.2, 0.25) is 15.9 Å². The Morgan fingerprint density at radius 1 is 1.39 bits per heavy atom. The van der Waals surface area contributed by atoms with Crippen LogP contribution in [0, 0.1) is 5.92 Å². The van der Waals surface area contributed by atoms with E-state index in [9.17, 15) is 13.2 Å². The van der Waals surface area contributed by atoms with E-state index in [4.69, 9.17) is 16.3 Å². The monoisotopic (exact) mass is 360 g/mol. The summed E-state index contributed by atoms with van der Waals surface area (Å²) in [5.41, 5.74) is 0. The number of nitrogens with zero attached hydrogens (tertiary/aromatic N) is 1. The fourth-order valence-electron chi connectivity index (χ4n) is 2.67. The number of ether oxygens (including phenoxy) is 1. The van der Waals surface area contributed by atoms with E-state index in [0.29, 0.717) is 37.5 Å². The van der Waals surface area contributed by atoms with Crippen molar-refractivity contribution in [3.63, 3.8) is 0 Å². The van der Waals surface area contributed by atoms with Crippen molar-refractivity contribution in [2.24, 2.45) is 5.92 Å². The average Bonchev–Trinajstić information content (AvgIpc) is 2.55. The summed E-state index contributed by atoms with van der Waals surface area (Å²) < 4.78 is 32.1. The molecule has 0 saturated carbocycles. The van der Waals surface area contributed by atoms with Crippen molar-refractivity contribution < 1.29 is 17.9 Å². The third-order valence-corrected chi connectivity index (χ3v) is 6.07. The lowest BCUT2D eigenvalue weighted by atomic mass is 9.97. The zero-order chi connectivity index (χ0) is 17.0. The van der Waals surface area contributed by atoms with Crippen molar-refractivity contribution in [1.29, 1.82) is 0 Å². The minimum Gasteiger partial charge on any atom is -0.495 e. The van der Waals surface area contributed by atoms with E-state index in [1.54, 1.807) is 6.07 Å². The van der Waals surface area contributed by atoms with Crippen molar-refractivity contribution in [2.45, 2.75) is 24.7 Å². The third-order valence-electron chi connectivity index (χ3n) is 3.92. The van der Waals surface area contributed by atoms with Crippen LogP contribution in [-0.4, -0.2) is 45.4 Å². The summed E-state index contributed by atoms with van der Waals surface area (Å²) in [7, 11) is -2.28. The zero-order valence-electron chi connectivity index (χ0n) is 13.2. The minimum atomic E-state index is -3.70. The molecule has 0 bridgehead atoms. The summed E-state index contributed by atoms with van der Waals surface area (Å²) in [6, 6.07) is 4.52. The first kappa shape index (κ1) is 18.0. The second-order valence-electron chi connectivity index (χ2n) is 5.37. The van der Waals surface area contributed by atoms with Crippen molar-refractivity contribution >= 4 is 27.5 Å². The Morgan fingerprint density at radius 3 is 2.61 bits per heavy atom. The molecule has 23 heavy (non-hydrogen) atoms. The quantitative estimate of drug-likeness (QED) is 0.870. The van der Waals surface area contributed by atoms with Crippen LogP contribution in [0.3, 0.4) is 0 Å². The molecule has 0 unspecified atom stereocenters. The predicted molar refractivity (Wildman–Crippen MR) is 88.2 cm³/mol. The highest BCUT2D eigenvalue weighted by Crippen LogP contribution is 2.31. The van der Waals surface area contributed by atoms with E-state index in [1.165, 1.54) is 23.5 Å². The second kappa shape index (κ2) is 7.51. The molecule has 2 rings (SSSR count). The van der Waals surface area contributed by atoms with Gasteiger partial charge in [0, 0.05) is 30.6 Å². The van der Waals surface area contributed by atoms with Gasteiger partial charge in [-0.25, -0.2) is 8.42 Å². The summed E-state index contributed by atoms with van der Waals surface area (Å²) in [5.74, 6) is 0.118. The molecule has 1 N–H and O–H groups in total. The lowest BCUT2D eigenvalue weighted by Gasteiger charge is -2.30. The van der Waals surface area contributed by atoms with Gasteiger partial charge in [0.25, 0.3) is 0 Å². The Bertz CT molecular complexity index is 670. The zero-order valence-corrected chi connectivity index (χ0v) is 14.8. The van der Waals surface area contributed by atoms with E-state index >= 15 is 0 Å². The standard InChI is InChI=1S/C15H21ClN2O4S/c1-3-17-15(19)11-6-8-18(9-7-11)23(20,21)14-10-12(16)4-5-13(14)22-2/h4-5,10-11H,3,6-9H2,1-2H3,(H,17,19). The number of rotatable bonds is 5. The molecule has 0 spiro atoms. The topological polar surface area (TPSA) is 75.7 Å². The highest BCUT2D eigenvalue weighted by Gasteiger charge is 2.33. The molecule has 0 aliphatic carbocycles. The van der Waals surface area contributed by atoms with Crippen molar-refractivity contribution in [1.82, 2.24) is 9.62 Å². The van der Waals surface area contributed by atoms with Gasteiger partial charge in [-0.2, -0.15) is 4.31 Å². The molecule has 1 aliphatic rings. The Labute approximate surface area is 141 Å². The van der Waals surface area contributed by atoms with E-state index in [2.05, 4.69) is 5.32 Å². The smallest absolute Gasteiger partial charge is 0.246 e. The van der Waals surface area contributed by atoms with E-state index in [0.717, 1.165) is 0 Å². The van der Waals surface area contributed by atoms with Crippen molar-refractivity contribution in [2.75, 3.05) is 26.7 Å². The number of hydrogen-bond donors (Lipinski definition) is 1. The number of amides is 1. The van der Waals surface area contributed by atoms with E-state index < -0.39 is 10.0 Å². The third kappa shape index (κ3) is 3.97. The number of halogens is 1. The number of sulfonamides is 1. The fourth-order valence-corrected chi connectivity index (χ4v) is 4.56. The molecule has 6 nitrogen and oxygen atoms in total. The summed E-state index contributed by atoms with van der Waals surface area (Å²) >= 11 is 5.93. The van der Waals surface area contributed by atoms with Gasteiger partial charge in [-0.15, -0.1) is 0 Å². The van der Waals surface area contributed by atoms with Gasteiger partial charge in [-0.3, -0.25) is 4.79 Å². The molecule has 1 fully saturated rings. The normalized spacial score (nSPS) is 17.0. The Hall–Kier alpha value is -1.31. The van der Waals surface area contributed by atoms with Gasteiger partial charge in [-0.05, 0) is 38.0 Å². The fraction of sp³-hybridized carbons (Fsp3) is 0.533. The summed E-state index contributed by atoms with van der Waals surface area (Å²) in [5, 5.41) is 3.12. The maximum absolute atomic E-state index is 12.8. The molecular formula is C15H21ClN2O4S. The highest BCUT2D eigenvalue weighted by molar-refractivity contribution is 7.89. The number of carbonyl (C=O) groups is 1. The first-order valence-corrected chi connectivity index (χ1v) is 9.33. The first-order valence-electron chi connectivity index (χ1n) is 7.51. The average molecular weight is 361 g/mol. The van der Waals surface area contributed by atoms with Crippen LogP contribution < -0.4 is 10.1 Å². The molecule has 8 heteroatoms. The van der Waals surface area contributed by atoms with E-state index in [1.807, 2.05) is 6.92 Å². The highest BCUT2D eigenvalue weighted by atomic mass is 35.5. The molecule has 1 aromatic rings. The van der Waals surface area contributed by atoms with E-state index in [-0.39, 0.29) is 22.5 Å². The van der Waals surface area contributed by atoms with Crippen LogP contribution in [0.5, 0.6) is 5.75 Å². The molecule has 1 heterocycles. The van der Waals surface area contributed by atoms with Crippen LogP contribution in [0.1, 0.15) is 19.8 Å². The van der Waals surface area contributed by atoms with Gasteiger partial charge in [0.05, 0.1) is 7.11 Å². The van der Waals surface area contributed by atoms with Crippen LogP contribution in [-0.2, 0) is 14.8 Å². The predicted octanol–water partition coefficient (Wildman–Crippen LogP) is 1.89. The largest absolute Gasteiger partial charge is 0.495 e. The molecule has 1 aliphatic heterocycles. The summed E-state index contributed by atoms with van der Waals surface area (Å²) in [6.07, 6.45) is 1.02. The molecular weight excluding hydrogens is 340 g/mol. The number of methoxy groups -OCH3 is 1. The van der Waals surface area contributed by atoms with Crippen molar-refractivity contribution in [3.05, 3.63) is 23.2 Å². The van der Waals surface area contributed by atoms with Crippen LogP contribution in [0.4, 0.5) is 0 Å². The second-order valence-corrected chi connectivity index (χ2v) is 7.71. The SMILES string of the molecule is CCNC(=O)C1CCN(S(=O)(=O)c2cc(Cl)ccc2OC)CC1. The number of hydrogen-bond acceptors (Lipinski definition) is 4. The molecule has 1 amide bonds. The van der Waals surface area contributed by atoms with Crippen LogP contribution in [0.2, 0.25) is 5.02 Å². The molecule has 0 atom stereocenters. The van der Waals surface area contributed by atoms with Gasteiger partial charge >= 0.3 is 0 Å². The Morgan fingerprint density at radius 2 is 2.04 bits per heavy atom.